The number of allylic oxidation sites excluding steroid dienone is 2. The normalized spacial score (nSPS) is 23.4. The number of hydrogen-bond acceptors (Lipinski definition) is 5. The zero-order chi connectivity index (χ0) is 16.9. The number of fused-ring (bicyclic) bond motifs is 2. The first-order valence-electron chi connectivity index (χ1n) is 8.45. The van der Waals surface area contributed by atoms with Gasteiger partial charge in [0.15, 0.2) is 0 Å². The lowest BCUT2D eigenvalue weighted by Crippen LogP contribution is -2.32. The molecule has 1 aromatic heterocycles. The fourth-order valence-corrected chi connectivity index (χ4v) is 4.59. The Hall–Kier alpha value is -2.37. The molecule has 4 heterocycles. The van der Waals surface area contributed by atoms with Gasteiger partial charge < -0.3 is 14.7 Å². The van der Waals surface area contributed by atoms with Crippen molar-refractivity contribution in [1.82, 2.24) is 4.90 Å². The van der Waals surface area contributed by atoms with Crippen LogP contribution < -0.4 is 4.74 Å². The Morgan fingerprint density at radius 3 is 3.04 bits per heavy atom. The Labute approximate surface area is 150 Å². The van der Waals surface area contributed by atoms with Gasteiger partial charge in [0.2, 0.25) is 0 Å². The maximum absolute atomic E-state index is 9.51. The summed E-state index contributed by atoms with van der Waals surface area (Å²) in [6, 6.07) is 8.54. The first-order chi connectivity index (χ1) is 12.3. The predicted octanol–water partition coefficient (Wildman–Crippen LogP) is 3.22. The fraction of sp³-hybridized carbons (Fsp3) is 0.250. The van der Waals surface area contributed by atoms with Crippen molar-refractivity contribution in [3.63, 3.8) is 0 Å². The van der Waals surface area contributed by atoms with Gasteiger partial charge in [-0.2, -0.15) is 0 Å². The first-order valence-corrected chi connectivity index (χ1v) is 9.33. The molecule has 0 bridgehead atoms. The molecule has 1 aromatic carbocycles. The molecule has 0 fully saturated rings. The summed E-state index contributed by atoms with van der Waals surface area (Å²) in [5.41, 5.74) is 3.13. The molecule has 1 unspecified atom stereocenters. The predicted molar refractivity (Wildman–Crippen MR) is 99.1 cm³/mol. The Morgan fingerprint density at radius 2 is 2.20 bits per heavy atom. The van der Waals surface area contributed by atoms with Gasteiger partial charge in [0.05, 0.1) is 19.8 Å². The van der Waals surface area contributed by atoms with Crippen molar-refractivity contribution in [3.8, 4) is 5.75 Å². The van der Waals surface area contributed by atoms with Gasteiger partial charge in [0.25, 0.3) is 0 Å². The SMILES string of the molecule is OCc1cc(C2(c3ccc4c(c3)CCO4)CN3C=CC=CC3=N2)cs1. The molecule has 5 rings (SSSR count). The summed E-state index contributed by atoms with van der Waals surface area (Å²) in [7, 11) is 0. The van der Waals surface area contributed by atoms with Gasteiger partial charge in [-0.1, -0.05) is 12.1 Å². The van der Waals surface area contributed by atoms with Crippen molar-refractivity contribution in [2.45, 2.75) is 18.6 Å². The minimum absolute atomic E-state index is 0.0683. The van der Waals surface area contributed by atoms with Crippen LogP contribution in [0.2, 0.25) is 0 Å². The molecule has 0 radical (unpaired) electrons. The van der Waals surface area contributed by atoms with E-state index in [9.17, 15) is 5.11 Å². The first kappa shape index (κ1) is 14.9. The van der Waals surface area contributed by atoms with E-state index in [4.69, 9.17) is 9.73 Å². The number of aliphatic imine (C=N–C) groups is 1. The second kappa shape index (κ2) is 5.58. The highest BCUT2D eigenvalue weighted by Crippen LogP contribution is 2.43. The van der Waals surface area contributed by atoms with Crippen LogP contribution in [0.15, 0.2) is 59.1 Å². The summed E-state index contributed by atoms with van der Waals surface area (Å²) >= 11 is 1.59. The van der Waals surface area contributed by atoms with Crippen LogP contribution in [0.5, 0.6) is 5.75 Å². The number of benzene rings is 1. The van der Waals surface area contributed by atoms with Crippen LogP contribution in [-0.4, -0.2) is 29.0 Å². The summed E-state index contributed by atoms with van der Waals surface area (Å²) in [5, 5.41) is 11.6. The van der Waals surface area contributed by atoms with Crippen molar-refractivity contribution in [2.75, 3.05) is 13.2 Å². The van der Waals surface area contributed by atoms with E-state index in [1.165, 1.54) is 11.1 Å². The van der Waals surface area contributed by atoms with E-state index in [1.807, 2.05) is 12.2 Å². The Morgan fingerprint density at radius 1 is 1.24 bits per heavy atom. The third-order valence-electron chi connectivity index (χ3n) is 5.08. The number of rotatable bonds is 3. The Kier molecular flexibility index (Phi) is 3.33. The van der Waals surface area contributed by atoms with Gasteiger partial charge >= 0.3 is 0 Å². The zero-order valence-corrected chi connectivity index (χ0v) is 14.5. The van der Waals surface area contributed by atoms with Gasteiger partial charge in [0, 0.05) is 17.5 Å². The van der Waals surface area contributed by atoms with Crippen LogP contribution in [0.25, 0.3) is 0 Å². The van der Waals surface area contributed by atoms with Gasteiger partial charge in [0.1, 0.15) is 17.1 Å². The van der Waals surface area contributed by atoms with Gasteiger partial charge in [-0.15, -0.1) is 11.3 Å². The quantitative estimate of drug-likeness (QED) is 0.924. The largest absolute Gasteiger partial charge is 0.493 e. The number of amidine groups is 1. The molecule has 0 aliphatic carbocycles. The summed E-state index contributed by atoms with van der Waals surface area (Å²) in [6.07, 6.45) is 9.14. The van der Waals surface area contributed by atoms with E-state index in [1.54, 1.807) is 11.3 Å². The number of ether oxygens (including phenoxy) is 1. The van der Waals surface area contributed by atoms with Gasteiger partial charge in [-0.25, -0.2) is 4.99 Å². The van der Waals surface area contributed by atoms with E-state index < -0.39 is 5.54 Å². The van der Waals surface area contributed by atoms with E-state index in [0.717, 1.165) is 41.6 Å². The molecule has 1 atom stereocenters. The van der Waals surface area contributed by atoms with Crippen LogP contribution in [0.3, 0.4) is 0 Å². The van der Waals surface area contributed by atoms with E-state index in [0.29, 0.717) is 0 Å². The maximum Gasteiger partial charge on any atom is 0.132 e. The second-order valence-electron chi connectivity index (χ2n) is 6.54. The highest BCUT2D eigenvalue weighted by Gasteiger charge is 2.42. The highest BCUT2D eigenvalue weighted by molar-refractivity contribution is 7.10. The summed E-state index contributed by atoms with van der Waals surface area (Å²) in [4.78, 5) is 8.31. The summed E-state index contributed by atoms with van der Waals surface area (Å²) in [6.45, 7) is 1.59. The highest BCUT2D eigenvalue weighted by atomic mass is 32.1. The number of thiophene rings is 1. The monoisotopic (exact) mass is 350 g/mol. The van der Waals surface area contributed by atoms with Gasteiger partial charge in [-0.3, -0.25) is 0 Å². The molecule has 4 nitrogen and oxygen atoms in total. The molecule has 0 saturated carbocycles. The second-order valence-corrected chi connectivity index (χ2v) is 7.54. The van der Waals surface area contributed by atoms with E-state index in [-0.39, 0.29) is 6.61 Å². The third kappa shape index (κ3) is 2.27. The van der Waals surface area contributed by atoms with Gasteiger partial charge in [-0.05, 0) is 52.4 Å². The maximum atomic E-state index is 9.51. The molecule has 5 heteroatoms. The topological polar surface area (TPSA) is 45.1 Å². The number of aliphatic hydroxyl groups excluding tert-OH is 1. The number of hydrogen-bond donors (Lipinski definition) is 1. The molecule has 0 amide bonds. The lowest BCUT2D eigenvalue weighted by Gasteiger charge is -2.28. The summed E-state index contributed by atoms with van der Waals surface area (Å²) < 4.78 is 5.67. The van der Waals surface area contributed by atoms with Crippen molar-refractivity contribution in [2.24, 2.45) is 4.99 Å². The number of nitrogens with zero attached hydrogens (tertiary/aromatic N) is 2. The Bertz CT molecular complexity index is 928. The average Bonchev–Trinajstić information content (AvgIpc) is 3.37. The van der Waals surface area contributed by atoms with Crippen LogP contribution >= 0.6 is 11.3 Å². The molecule has 1 N–H and O–H groups in total. The Balaban J connectivity index is 1.68. The van der Waals surface area contributed by atoms with Crippen molar-refractivity contribution in [3.05, 3.63) is 75.6 Å². The summed E-state index contributed by atoms with van der Waals surface area (Å²) in [5.74, 6) is 1.97. The number of aliphatic hydroxyl groups is 1. The molecule has 3 aliphatic rings. The third-order valence-corrected chi connectivity index (χ3v) is 6.00. The van der Waals surface area contributed by atoms with Crippen molar-refractivity contribution >= 4 is 17.2 Å². The zero-order valence-electron chi connectivity index (χ0n) is 13.7. The lowest BCUT2D eigenvalue weighted by atomic mass is 9.84. The lowest BCUT2D eigenvalue weighted by molar-refractivity contribution is 0.285. The molecular weight excluding hydrogens is 332 g/mol. The average molecular weight is 350 g/mol. The van der Waals surface area contributed by atoms with Crippen LogP contribution in [-0.2, 0) is 18.6 Å². The molecule has 25 heavy (non-hydrogen) atoms. The van der Waals surface area contributed by atoms with Crippen molar-refractivity contribution in [1.29, 1.82) is 0 Å². The van der Waals surface area contributed by atoms with Crippen LogP contribution in [0, 0.1) is 0 Å². The fourth-order valence-electron chi connectivity index (χ4n) is 3.78. The van der Waals surface area contributed by atoms with E-state index in [2.05, 4.69) is 46.8 Å². The van der Waals surface area contributed by atoms with Crippen LogP contribution in [0.4, 0.5) is 0 Å². The standard InChI is InChI=1S/C20H18N2O2S/c23-11-17-10-16(12-25-17)20(13-22-7-2-1-3-19(22)21-20)15-4-5-18-14(9-15)6-8-24-18/h1-5,7,9-10,12,23H,6,8,11,13H2. The molecule has 3 aliphatic heterocycles. The molecule has 2 aromatic rings. The molecule has 0 saturated heterocycles. The van der Waals surface area contributed by atoms with Crippen molar-refractivity contribution < 1.29 is 9.84 Å². The minimum atomic E-state index is -0.449. The molecule has 0 spiro atoms. The minimum Gasteiger partial charge on any atom is -0.493 e. The van der Waals surface area contributed by atoms with E-state index >= 15 is 0 Å². The molecule has 126 valence electrons. The van der Waals surface area contributed by atoms with Crippen LogP contribution in [0.1, 0.15) is 21.6 Å². The molecular formula is C20H18N2O2S. The smallest absolute Gasteiger partial charge is 0.132 e.